The van der Waals surface area contributed by atoms with Crippen molar-refractivity contribution < 1.29 is 4.79 Å². The van der Waals surface area contributed by atoms with Crippen molar-refractivity contribution in [2.45, 2.75) is 32.6 Å². The highest BCUT2D eigenvalue weighted by atomic mass is 32.1. The van der Waals surface area contributed by atoms with Crippen LogP contribution in [-0.4, -0.2) is 40.1 Å². The Kier molecular flexibility index (Phi) is 5.62. The monoisotopic (exact) mass is 411 g/mol. The second-order valence-corrected chi connectivity index (χ2v) is 8.68. The van der Waals surface area contributed by atoms with Crippen molar-refractivity contribution >= 4 is 27.3 Å². The normalized spacial score (nSPS) is 16.1. The molecule has 1 atom stereocenters. The van der Waals surface area contributed by atoms with Gasteiger partial charge >= 0.3 is 0 Å². The highest BCUT2D eigenvalue weighted by Crippen LogP contribution is 2.27. The molecule has 152 valence electrons. The Morgan fingerprint density at radius 2 is 2.00 bits per heavy atom. The van der Waals surface area contributed by atoms with Crippen LogP contribution in [-0.2, 0) is 0 Å². The van der Waals surface area contributed by atoms with E-state index >= 15 is 0 Å². The summed E-state index contributed by atoms with van der Waals surface area (Å²) in [5, 5.41) is 8.35. The maximum Gasteiger partial charge on any atom is 0.274 e. The van der Waals surface area contributed by atoms with Gasteiger partial charge in [0.15, 0.2) is 0 Å². The molecule has 1 aliphatic heterocycles. The van der Waals surface area contributed by atoms with E-state index in [1.807, 2.05) is 30.3 Å². The average molecular weight is 412 g/mol. The molecule has 1 amide bonds. The Labute approximate surface area is 173 Å². The molecule has 1 aromatic carbocycles. The van der Waals surface area contributed by atoms with Gasteiger partial charge in [0.2, 0.25) is 10.1 Å². The van der Waals surface area contributed by atoms with Gasteiger partial charge in [-0.3, -0.25) is 9.59 Å². The topological polar surface area (TPSA) is 79.6 Å². The zero-order valence-corrected chi connectivity index (χ0v) is 17.5. The lowest BCUT2D eigenvalue weighted by molar-refractivity contribution is 0.0944. The summed E-state index contributed by atoms with van der Waals surface area (Å²) < 4.78 is 1.50. The Morgan fingerprint density at radius 1 is 1.28 bits per heavy atom. The SMILES string of the molecule is CC1CCN(c2nn3c(C(=O)NCC(C)c4ccccc4)cc(=O)nc3s2)CC1. The molecule has 1 unspecified atom stereocenters. The zero-order chi connectivity index (χ0) is 20.4. The molecular formula is C21H25N5O2S. The molecule has 2 aromatic heterocycles. The number of piperidine rings is 1. The van der Waals surface area contributed by atoms with E-state index in [0.717, 1.165) is 36.6 Å². The van der Waals surface area contributed by atoms with E-state index in [-0.39, 0.29) is 17.5 Å². The van der Waals surface area contributed by atoms with Crippen LogP contribution in [0.1, 0.15) is 48.7 Å². The molecule has 8 heteroatoms. The number of anilines is 1. The number of fused-ring (bicyclic) bond motifs is 1. The highest BCUT2D eigenvalue weighted by Gasteiger charge is 2.22. The Morgan fingerprint density at radius 3 is 2.72 bits per heavy atom. The van der Waals surface area contributed by atoms with E-state index in [1.165, 1.54) is 21.9 Å². The van der Waals surface area contributed by atoms with Gasteiger partial charge in [-0.1, -0.05) is 55.5 Å². The summed E-state index contributed by atoms with van der Waals surface area (Å²) in [5.74, 6) is 0.564. The molecule has 29 heavy (non-hydrogen) atoms. The lowest BCUT2D eigenvalue weighted by Crippen LogP contribution is -2.33. The molecule has 0 saturated carbocycles. The number of carbonyl (C=O) groups excluding carboxylic acids is 1. The van der Waals surface area contributed by atoms with Gasteiger partial charge in [-0.15, -0.1) is 5.10 Å². The lowest BCUT2D eigenvalue weighted by Gasteiger charge is -2.29. The van der Waals surface area contributed by atoms with Gasteiger partial charge in [-0.25, -0.2) is 0 Å². The minimum atomic E-state index is -0.422. The van der Waals surface area contributed by atoms with E-state index in [9.17, 15) is 9.59 Å². The molecule has 1 N–H and O–H groups in total. The molecule has 0 bridgehead atoms. The molecule has 0 aliphatic carbocycles. The molecule has 3 aromatic rings. The van der Waals surface area contributed by atoms with Gasteiger partial charge < -0.3 is 10.2 Å². The third kappa shape index (κ3) is 4.32. The lowest BCUT2D eigenvalue weighted by atomic mass is 10.00. The number of amides is 1. The van der Waals surface area contributed by atoms with Gasteiger partial charge in [0, 0.05) is 25.7 Å². The first-order valence-corrected chi connectivity index (χ1v) is 10.8. The number of carbonyl (C=O) groups is 1. The number of aromatic nitrogens is 3. The van der Waals surface area contributed by atoms with Crippen molar-refractivity contribution in [2.75, 3.05) is 24.5 Å². The largest absolute Gasteiger partial charge is 0.350 e. The van der Waals surface area contributed by atoms with Crippen LogP contribution in [0.25, 0.3) is 4.96 Å². The van der Waals surface area contributed by atoms with E-state index in [2.05, 4.69) is 34.1 Å². The van der Waals surface area contributed by atoms with Gasteiger partial charge in [-0.05, 0) is 30.2 Å². The number of nitrogens with zero attached hydrogens (tertiary/aromatic N) is 4. The molecular weight excluding hydrogens is 386 g/mol. The van der Waals surface area contributed by atoms with Crippen LogP contribution in [0.4, 0.5) is 5.13 Å². The van der Waals surface area contributed by atoms with E-state index in [0.29, 0.717) is 17.4 Å². The number of rotatable bonds is 5. The molecule has 0 spiro atoms. The Bertz CT molecular complexity index is 1050. The van der Waals surface area contributed by atoms with Crippen LogP contribution >= 0.6 is 11.3 Å². The van der Waals surface area contributed by atoms with Crippen molar-refractivity contribution in [2.24, 2.45) is 5.92 Å². The summed E-state index contributed by atoms with van der Waals surface area (Å²) in [7, 11) is 0. The van der Waals surface area contributed by atoms with Crippen molar-refractivity contribution in [3.05, 3.63) is 58.0 Å². The van der Waals surface area contributed by atoms with Gasteiger partial charge in [0.25, 0.3) is 11.5 Å². The average Bonchev–Trinajstić information content (AvgIpc) is 3.16. The molecule has 7 nitrogen and oxygen atoms in total. The molecule has 0 radical (unpaired) electrons. The third-order valence-corrected chi connectivity index (χ3v) is 6.44. The molecule has 1 fully saturated rings. The molecule has 4 rings (SSSR count). The summed E-state index contributed by atoms with van der Waals surface area (Å²) >= 11 is 1.36. The van der Waals surface area contributed by atoms with E-state index in [4.69, 9.17) is 0 Å². The van der Waals surface area contributed by atoms with Crippen molar-refractivity contribution in [1.29, 1.82) is 0 Å². The van der Waals surface area contributed by atoms with Crippen LogP contribution < -0.4 is 15.8 Å². The number of hydrogen-bond donors (Lipinski definition) is 1. The molecule has 1 aliphatic rings. The van der Waals surface area contributed by atoms with Crippen molar-refractivity contribution in [3.8, 4) is 0 Å². The predicted octanol–water partition coefficient (Wildman–Crippen LogP) is 2.92. The number of nitrogens with one attached hydrogen (secondary N) is 1. The molecule has 1 saturated heterocycles. The Balaban J connectivity index is 1.54. The first-order chi connectivity index (χ1) is 14.0. The van der Waals surface area contributed by atoms with Crippen LogP contribution in [0.3, 0.4) is 0 Å². The first kappa shape index (κ1) is 19.6. The predicted molar refractivity (Wildman–Crippen MR) is 115 cm³/mol. The van der Waals surface area contributed by atoms with Crippen molar-refractivity contribution in [1.82, 2.24) is 19.9 Å². The summed E-state index contributed by atoms with van der Waals surface area (Å²) in [6, 6.07) is 11.3. The maximum absolute atomic E-state index is 12.8. The highest BCUT2D eigenvalue weighted by molar-refractivity contribution is 7.20. The maximum atomic E-state index is 12.8. The summed E-state index contributed by atoms with van der Waals surface area (Å²) in [6.45, 7) is 6.66. The fourth-order valence-corrected chi connectivity index (χ4v) is 4.49. The fourth-order valence-electron chi connectivity index (χ4n) is 3.53. The fraction of sp³-hybridized carbons (Fsp3) is 0.429. The number of benzene rings is 1. The summed E-state index contributed by atoms with van der Waals surface area (Å²) in [6.07, 6.45) is 2.23. The standard InChI is InChI=1S/C21H25N5O2S/c1-14-8-10-25(11-9-14)21-24-26-17(12-18(27)23-20(26)29-21)19(28)22-13-15(2)16-6-4-3-5-7-16/h3-7,12,14-15H,8-11,13H2,1-2H3,(H,22,28). The van der Waals surface area contributed by atoms with Crippen LogP contribution in [0, 0.1) is 5.92 Å². The number of hydrogen-bond acceptors (Lipinski definition) is 6. The summed E-state index contributed by atoms with van der Waals surface area (Å²) in [4.78, 5) is 31.6. The van der Waals surface area contributed by atoms with Gasteiger partial charge in [-0.2, -0.15) is 9.50 Å². The molecule has 3 heterocycles. The van der Waals surface area contributed by atoms with Crippen LogP contribution in [0.5, 0.6) is 0 Å². The Hall–Kier alpha value is -2.74. The minimum Gasteiger partial charge on any atom is -0.350 e. The second-order valence-electron chi connectivity index (χ2n) is 7.75. The zero-order valence-electron chi connectivity index (χ0n) is 16.7. The van der Waals surface area contributed by atoms with Gasteiger partial charge in [0.05, 0.1) is 0 Å². The van der Waals surface area contributed by atoms with Crippen LogP contribution in [0.2, 0.25) is 0 Å². The quantitative estimate of drug-likeness (QED) is 0.698. The first-order valence-electron chi connectivity index (χ1n) is 10.0. The smallest absolute Gasteiger partial charge is 0.274 e. The van der Waals surface area contributed by atoms with Crippen molar-refractivity contribution in [3.63, 3.8) is 0 Å². The van der Waals surface area contributed by atoms with E-state index < -0.39 is 5.56 Å². The third-order valence-electron chi connectivity index (χ3n) is 5.47. The minimum absolute atomic E-state index is 0.163. The summed E-state index contributed by atoms with van der Waals surface area (Å²) in [5.41, 5.74) is 0.960. The van der Waals surface area contributed by atoms with Gasteiger partial charge in [0.1, 0.15) is 5.69 Å². The van der Waals surface area contributed by atoms with Crippen LogP contribution in [0.15, 0.2) is 41.2 Å². The van der Waals surface area contributed by atoms with E-state index in [1.54, 1.807) is 0 Å². The second kappa shape index (κ2) is 8.32.